The number of likely N-dealkylation sites (tertiary alicyclic amines) is 1. The minimum absolute atomic E-state index is 0.0142. The van der Waals surface area contributed by atoms with Gasteiger partial charge in [0, 0.05) is 29.9 Å². The number of aromatic nitrogens is 1. The van der Waals surface area contributed by atoms with Gasteiger partial charge in [0.25, 0.3) is 0 Å². The molecule has 0 unspecified atom stereocenters. The Bertz CT molecular complexity index is 570. The van der Waals surface area contributed by atoms with E-state index in [1.807, 2.05) is 16.8 Å². The molecule has 2 aromatic heterocycles. The fraction of sp³-hybridized carbons (Fsp3) is 0.533. The average molecular weight is 306 g/mol. The van der Waals surface area contributed by atoms with Gasteiger partial charge in [-0.15, -0.1) is 22.7 Å². The number of hydrogen-bond acceptors (Lipinski definition) is 5. The van der Waals surface area contributed by atoms with E-state index in [0.29, 0.717) is 0 Å². The van der Waals surface area contributed by atoms with Crippen molar-refractivity contribution in [2.45, 2.75) is 31.4 Å². The Morgan fingerprint density at radius 2 is 2.25 bits per heavy atom. The highest BCUT2D eigenvalue weighted by molar-refractivity contribution is 7.10. The van der Waals surface area contributed by atoms with Crippen LogP contribution in [-0.2, 0) is 23.3 Å². The summed E-state index contributed by atoms with van der Waals surface area (Å²) in [6, 6.07) is 2.28. The SMILES string of the molecule is c1nc(CN2CCC3(CC2)OCCc2ccsc23)cs1. The molecule has 0 saturated carbocycles. The summed E-state index contributed by atoms with van der Waals surface area (Å²) in [6.07, 6.45) is 3.32. The first-order valence-corrected chi connectivity index (χ1v) is 8.98. The summed E-state index contributed by atoms with van der Waals surface area (Å²) >= 11 is 3.56. The zero-order valence-corrected chi connectivity index (χ0v) is 13.0. The van der Waals surface area contributed by atoms with Crippen molar-refractivity contribution in [3.8, 4) is 0 Å². The van der Waals surface area contributed by atoms with Gasteiger partial charge in [-0.3, -0.25) is 4.90 Å². The molecule has 2 aliphatic heterocycles. The second-order valence-electron chi connectivity index (χ2n) is 5.62. The number of ether oxygens (including phenoxy) is 1. The van der Waals surface area contributed by atoms with Gasteiger partial charge in [0.2, 0.25) is 0 Å². The van der Waals surface area contributed by atoms with Crippen LogP contribution >= 0.6 is 22.7 Å². The lowest BCUT2D eigenvalue weighted by molar-refractivity contribution is -0.0961. The van der Waals surface area contributed by atoms with Crippen LogP contribution in [0.2, 0.25) is 0 Å². The molecule has 2 aliphatic rings. The molecule has 3 nitrogen and oxygen atoms in total. The van der Waals surface area contributed by atoms with E-state index < -0.39 is 0 Å². The highest BCUT2D eigenvalue weighted by Gasteiger charge is 2.41. The van der Waals surface area contributed by atoms with Crippen LogP contribution in [0.3, 0.4) is 0 Å². The van der Waals surface area contributed by atoms with Crippen molar-refractivity contribution in [2.24, 2.45) is 0 Å². The van der Waals surface area contributed by atoms with E-state index in [0.717, 1.165) is 45.5 Å². The van der Waals surface area contributed by atoms with Gasteiger partial charge < -0.3 is 4.74 Å². The van der Waals surface area contributed by atoms with Crippen molar-refractivity contribution in [3.05, 3.63) is 38.5 Å². The van der Waals surface area contributed by atoms with E-state index in [4.69, 9.17) is 4.74 Å². The van der Waals surface area contributed by atoms with E-state index in [1.54, 1.807) is 11.3 Å². The molecule has 1 fully saturated rings. The molecule has 106 valence electrons. The molecule has 2 aromatic rings. The van der Waals surface area contributed by atoms with Crippen molar-refractivity contribution in [1.82, 2.24) is 9.88 Å². The van der Waals surface area contributed by atoms with E-state index in [2.05, 4.69) is 26.7 Å². The molecule has 20 heavy (non-hydrogen) atoms. The van der Waals surface area contributed by atoms with E-state index in [-0.39, 0.29) is 5.60 Å². The minimum Gasteiger partial charge on any atom is -0.369 e. The molecule has 0 N–H and O–H groups in total. The first kappa shape index (κ1) is 13.0. The highest BCUT2D eigenvalue weighted by Crippen LogP contribution is 2.44. The van der Waals surface area contributed by atoms with Gasteiger partial charge in [-0.25, -0.2) is 4.98 Å². The van der Waals surface area contributed by atoms with E-state index >= 15 is 0 Å². The van der Waals surface area contributed by atoms with Gasteiger partial charge in [0.05, 0.1) is 17.8 Å². The topological polar surface area (TPSA) is 25.4 Å². The zero-order chi connectivity index (χ0) is 13.4. The average Bonchev–Trinajstić information content (AvgIpc) is 3.13. The second kappa shape index (κ2) is 5.22. The first-order chi connectivity index (χ1) is 9.86. The molecule has 0 aliphatic carbocycles. The molecule has 1 saturated heterocycles. The number of fused-ring (bicyclic) bond motifs is 2. The third-order valence-corrected chi connectivity index (χ3v) is 6.22. The van der Waals surface area contributed by atoms with Crippen molar-refractivity contribution in [3.63, 3.8) is 0 Å². The van der Waals surface area contributed by atoms with Crippen molar-refractivity contribution in [1.29, 1.82) is 0 Å². The maximum atomic E-state index is 6.24. The number of hydrogen-bond donors (Lipinski definition) is 0. The van der Waals surface area contributed by atoms with Crippen LogP contribution < -0.4 is 0 Å². The summed E-state index contributed by atoms with van der Waals surface area (Å²) in [5.41, 5.74) is 4.66. The third-order valence-electron chi connectivity index (χ3n) is 4.44. The molecule has 4 heterocycles. The molecule has 0 atom stereocenters. The normalized spacial score (nSPS) is 22.0. The fourth-order valence-electron chi connectivity index (χ4n) is 3.34. The van der Waals surface area contributed by atoms with Gasteiger partial charge >= 0.3 is 0 Å². The molecule has 4 rings (SSSR count). The Kier molecular flexibility index (Phi) is 3.38. The number of thiazole rings is 1. The largest absolute Gasteiger partial charge is 0.369 e. The van der Waals surface area contributed by atoms with Gasteiger partial charge in [0.15, 0.2) is 0 Å². The number of nitrogens with zero attached hydrogens (tertiary/aromatic N) is 2. The van der Waals surface area contributed by atoms with Crippen molar-refractivity contribution in [2.75, 3.05) is 19.7 Å². The number of thiophene rings is 1. The molecule has 5 heteroatoms. The highest BCUT2D eigenvalue weighted by atomic mass is 32.1. The molecular formula is C15H18N2OS2. The van der Waals surface area contributed by atoms with Crippen molar-refractivity contribution >= 4 is 22.7 Å². The lowest BCUT2D eigenvalue weighted by Crippen LogP contribution is -2.45. The fourth-order valence-corrected chi connectivity index (χ4v) is 5.06. The predicted molar refractivity (Wildman–Crippen MR) is 82.3 cm³/mol. The third kappa shape index (κ3) is 2.22. The van der Waals surface area contributed by atoms with Crippen LogP contribution in [0, 0.1) is 0 Å². The van der Waals surface area contributed by atoms with Crippen LogP contribution in [0.4, 0.5) is 0 Å². The maximum Gasteiger partial charge on any atom is 0.105 e. The first-order valence-electron chi connectivity index (χ1n) is 7.16. The standard InChI is InChI=1S/C15H18N2OS2/c1-7-18-15(14-12(1)2-8-20-14)3-5-17(6-4-15)9-13-10-19-11-16-13/h2,8,10-11H,1,3-7,9H2. The summed E-state index contributed by atoms with van der Waals surface area (Å²) in [4.78, 5) is 8.39. The Morgan fingerprint density at radius 1 is 1.35 bits per heavy atom. The molecule has 0 radical (unpaired) electrons. The molecular weight excluding hydrogens is 288 g/mol. The smallest absolute Gasteiger partial charge is 0.105 e. The van der Waals surface area contributed by atoms with Gasteiger partial charge in [0.1, 0.15) is 5.60 Å². The Labute approximate surface area is 127 Å². The predicted octanol–water partition coefficient (Wildman–Crippen LogP) is 3.27. The van der Waals surface area contributed by atoms with E-state index in [9.17, 15) is 0 Å². The summed E-state index contributed by atoms with van der Waals surface area (Å²) in [5, 5.41) is 4.38. The van der Waals surface area contributed by atoms with Crippen molar-refractivity contribution < 1.29 is 4.74 Å². The number of rotatable bonds is 2. The summed E-state index contributed by atoms with van der Waals surface area (Å²) in [5.74, 6) is 0. The van der Waals surface area contributed by atoms with Crippen LogP contribution in [0.1, 0.15) is 29.0 Å². The summed E-state index contributed by atoms with van der Waals surface area (Å²) in [6.45, 7) is 4.08. The van der Waals surface area contributed by atoms with Gasteiger partial charge in [-0.05, 0) is 36.3 Å². The maximum absolute atomic E-state index is 6.24. The molecule has 0 amide bonds. The van der Waals surface area contributed by atoms with Crippen LogP contribution in [0.25, 0.3) is 0 Å². The Balaban J connectivity index is 1.47. The minimum atomic E-state index is 0.0142. The lowest BCUT2D eigenvalue weighted by atomic mass is 9.85. The lowest BCUT2D eigenvalue weighted by Gasteiger charge is -2.43. The zero-order valence-electron chi connectivity index (χ0n) is 11.4. The monoisotopic (exact) mass is 306 g/mol. The quantitative estimate of drug-likeness (QED) is 0.851. The Hall–Kier alpha value is -0.750. The summed E-state index contributed by atoms with van der Waals surface area (Å²) in [7, 11) is 0. The molecule has 0 bridgehead atoms. The van der Waals surface area contributed by atoms with Crippen LogP contribution in [-0.4, -0.2) is 29.6 Å². The summed E-state index contributed by atoms with van der Waals surface area (Å²) < 4.78 is 6.24. The molecule has 0 aromatic carbocycles. The van der Waals surface area contributed by atoms with Crippen LogP contribution in [0.5, 0.6) is 0 Å². The van der Waals surface area contributed by atoms with Crippen LogP contribution in [0.15, 0.2) is 22.3 Å². The van der Waals surface area contributed by atoms with Gasteiger partial charge in [-0.1, -0.05) is 0 Å². The second-order valence-corrected chi connectivity index (χ2v) is 7.26. The number of piperidine rings is 1. The Morgan fingerprint density at radius 3 is 3.05 bits per heavy atom. The molecule has 1 spiro atoms. The van der Waals surface area contributed by atoms with Gasteiger partial charge in [-0.2, -0.15) is 0 Å². The van der Waals surface area contributed by atoms with E-state index in [1.165, 1.54) is 16.1 Å².